The summed E-state index contributed by atoms with van der Waals surface area (Å²) in [6.45, 7) is 2.60. The van der Waals surface area contributed by atoms with Gasteiger partial charge in [-0.15, -0.1) is 0 Å². The zero-order valence-corrected chi connectivity index (χ0v) is 14.3. The normalized spacial score (nSPS) is 11.9. The van der Waals surface area contributed by atoms with Crippen LogP contribution in [0.1, 0.15) is 90.4 Å². The Morgan fingerprint density at radius 1 is 0.650 bits per heavy atom. The SMILES string of the molecule is CCCCCCCCCCCCCCCOS(C)(=O)=O. The summed E-state index contributed by atoms with van der Waals surface area (Å²) in [5.41, 5.74) is 0. The molecule has 0 rings (SSSR count). The predicted octanol–water partition coefficient (Wildman–Crippen LogP) is 5.05. The smallest absolute Gasteiger partial charge is 0.264 e. The average Bonchev–Trinajstić information content (AvgIpc) is 2.38. The van der Waals surface area contributed by atoms with Crippen LogP contribution in [0, 0.1) is 0 Å². The van der Waals surface area contributed by atoms with Crippen LogP contribution in [0.25, 0.3) is 0 Å². The Kier molecular flexibility index (Phi) is 13.8. The van der Waals surface area contributed by atoms with Crippen molar-refractivity contribution >= 4 is 10.1 Å². The van der Waals surface area contributed by atoms with Gasteiger partial charge in [-0.3, -0.25) is 4.18 Å². The molecule has 0 N–H and O–H groups in total. The van der Waals surface area contributed by atoms with E-state index in [1.54, 1.807) is 0 Å². The zero-order valence-electron chi connectivity index (χ0n) is 13.5. The van der Waals surface area contributed by atoms with Crippen LogP contribution in [0.3, 0.4) is 0 Å². The van der Waals surface area contributed by atoms with E-state index in [-0.39, 0.29) is 0 Å². The summed E-state index contributed by atoms with van der Waals surface area (Å²) in [5.74, 6) is 0. The lowest BCUT2D eigenvalue weighted by molar-refractivity contribution is 0.309. The third-order valence-electron chi connectivity index (χ3n) is 3.55. The second kappa shape index (κ2) is 13.9. The first kappa shape index (κ1) is 19.9. The molecule has 0 amide bonds. The van der Waals surface area contributed by atoms with Gasteiger partial charge in [-0.1, -0.05) is 84.0 Å². The summed E-state index contributed by atoms with van der Waals surface area (Å²) in [6.07, 6.45) is 17.9. The minimum absolute atomic E-state index is 0.344. The average molecular weight is 307 g/mol. The standard InChI is InChI=1S/C16H34O3S/c1-3-4-5-6-7-8-9-10-11-12-13-14-15-16-19-20(2,17)18/h3-16H2,1-2H3. The molecule has 0 aromatic rings. The number of hydrogen-bond donors (Lipinski definition) is 0. The highest BCUT2D eigenvalue weighted by atomic mass is 32.2. The maximum atomic E-state index is 10.7. The van der Waals surface area contributed by atoms with Gasteiger partial charge in [0.1, 0.15) is 0 Å². The quantitative estimate of drug-likeness (QED) is 0.314. The summed E-state index contributed by atoms with van der Waals surface area (Å²) in [5, 5.41) is 0. The molecule has 0 aromatic carbocycles. The van der Waals surface area contributed by atoms with Crippen LogP contribution in [-0.2, 0) is 14.3 Å². The van der Waals surface area contributed by atoms with Crippen molar-refractivity contribution in [3.05, 3.63) is 0 Å². The van der Waals surface area contributed by atoms with Crippen LogP contribution in [0.4, 0.5) is 0 Å². The van der Waals surface area contributed by atoms with Crippen LogP contribution in [0.5, 0.6) is 0 Å². The summed E-state index contributed by atoms with van der Waals surface area (Å²) >= 11 is 0. The molecular weight excluding hydrogens is 272 g/mol. The Morgan fingerprint density at radius 2 is 1.00 bits per heavy atom. The van der Waals surface area contributed by atoms with Gasteiger partial charge in [0.25, 0.3) is 10.1 Å². The van der Waals surface area contributed by atoms with E-state index < -0.39 is 10.1 Å². The maximum absolute atomic E-state index is 10.7. The highest BCUT2D eigenvalue weighted by molar-refractivity contribution is 7.85. The molecule has 0 aliphatic heterocycles. The van der Waals surface area contributed by atoms with Gasteiger partial charge < -0.3 is 0 Å². The van der Waals surface area contributed by atoms with Crippen molar-refractivity contribution < 1.29 is 12.6 Å². The highest BCUT2D eigenvalue weighted by Gasteiger charge is 2.00. The molecule has 0 fully saturated rings. The topological polar surface area (TPSA) is 43.4 Å². The molecule has 0 unspecified atom stereocenters. The van der Waals surface area contributed by atoms with Crippen molar-refractivity contribution in [2.45, 2.75) is 90.4 Å². The van der Waals surface area contributed by atoms with Gasteiger partial charge in [0.05, 0.1) is 12.9 Å². The van der Waals surface area contributed by atoms with Gasteiger partial charge in [0.2, 0.25) is 0 Å². The molecule has 0 radical (unpaired) electrons. The third kappa shape index (κ3) is 17.9. The monoisotopic (exact) mass is 306 g/mol. The van der Waals surface area contributed by atoms with Crippen molar-refractivity contribution in [2.75, 3.05) is 12.9 Å². The molecule has 122 valence electrons. The Hall–Kier alpha value is -0.0900. The molecular formula is C16H34O3S. The first-order valence-electron chi connectivity index (χ1n) is 8.40. The summed E-state index contributed by atoms with van der Waals surface area (Å²) in [7, 11) is -3.24. The molecule has 0 atom stereocenters. The third-order valence-corrected chi connectivity index (χ3v) is 4.14. The number of hydrogen-bond acceptors (Lipinski definition) is 3. The van der Waals surface area contributed by atoms with Crippen LogP contribution in [0.2, 0.25) is 0 Å². The molecule has 0 heterocycles. The lowest BCUT2D eigenvalue weighted by Gasteiger charge is -2.03. The predicted molar refractivity (Wildman–Crippen MR) is 86.5 cm³/mol. The zero-order chi connectivity index (χ0) is 15.1. The number of unbranched alkanes of at least 4 members (excludes halogenated alkanes) is 12. The maximum Gasteiger partial charge on any atom is 0.264 e. The second-order valence-electron chi connectivity index (χ2n) is 5.77. The summed E-state index contributed by atoms with van der Waals surface area (Å²) < 4.78 is 26.2. The van der Waals surface area contributed by atoms with Gasteiger partial charge in [0, 0.05) is 0 Å². The first-order chi connectivity index (χ1) is 9.56. The van der Waals surface area contributed by atoms with Crippen molar-refractivity contribution in [1.82, 2.24) is 0 Å². The van der Waals surface area contributed by atoms with Crippen LogP contribution < -0.4 is 0 Å². The van der Waals surface area contributed by atoms with E-state index >= 15 is 0 Å². The van der Waals surface area contributed by atoms with Gasteiger partial charge in [0.15, 0.2) is 0 Å². The summed E-state index contributed by atoms with van der Waals surface area (Å²) in [4.78, 5) is 0. The van der Waals surface area contributed by atoms with E-state index in [9.17, 15) is 8.42 Å². The fourth-order valence-corrected chi connectivity index (χ4v) is 2.75. The highest BCUT2D eigenvalue weighted by Crippen LogP contribution is 2.12. The number of rotatable bonds is 15. The lowest BCUT2D eigenvalue weighted by atomic mass is 10.0. The lowest BCUT2D eigenvalue weighted by Crippen LogP contribution is -2.03. The van der Waals surface area contributed by atoms with Crippen molar-refractivity contribution in [3.63, 3.8) is 0 Å². The van der Waals surface area contributed by atoms with Crippen molar-refractivity contribution in [3.8, 4) is 0 Å². The summed E-state index contributed by atoms with van der Waals surface area (Å²) in [6, 6.07) is 0. The van der Waals surface area contributed by atoms with E-state index in [4.69, 9.17) is 4.18 Å². The van der Waals surface area contributed by atoms with E-state index in [0.29, 0.717) is 6.61 Å². The minimum atomic E-state index is -3.24. The Bertz CT molecular complexity index is 286. The minimum Gasteiger partial charge on any atom is -0.270 e. The molecule has 0 saturated carbocycles. The first-order valence-corrected chi connectivity index (χ1v) is 10.2. The second-order valence-corrected chi connectivity index (χ2v) is 7.41. The Morgan fingerprint density at radius 3 is 1.35 bits per heavy atom. The largest absolute Gasteiger partial charge is 0.270 e. The Balaban J connectivity index is 3.03. The van der Waals surface area contributed by atoms with Gasteiger partial charge in [-0.25, -0.2) is 0 Å². The van der Waals surface area contributed by atoms with E-state index in [0.717, 1.165) is 19.1 Å². The van der Waals surface area contributed by atoms with Crippen LogP contribution >= 0.6 is 0 Å². The van der Waals surface area contributed by atoms with E-state index in [1.807, 2.05) is 0 Å². The molecule has 0 bridgehead atoms. The molecule has 0 spiro atoms. The fourth-order valence-electron chi connectivity index (χ4n) is 2.33. The van der Waals surface area contributed by atoms with Gasteiger partial charge in [-0.05, 0) is 6.42 Å². The van der Waals surface area contributed by atoms with Crippen LogP contribution in [-0.4, -0.2) is 21.3 Å². The van der Waals surface area contributed by atoms with Crippen LogP contribution in [0.15, 0.2) is 0 Å². The van der Waals surface area contributed by atoms with Gasteiger partial charge in [-0.2, -0.15) is 8.42 Å². The molecule has 0 saturated heterocycles. The molecule has 20 heavy (non-hydrogen) atoms. The Labute approximate surface area is 126 Å². The van der Waals surface area contributed by atoms with E-state index in [1.165, 1.54) is 70.6 Å². The molecule has 4 heteroatoms. The molecule has 0 aliphatic carbocycles. The van der Waals surface area contributed by atoms with Crippen molar-refractivity contribution in [2.24, 2.45) is 0 Å². The molecule has 0 aromatic heterocycles. The van der Waals surface area contributed by atoms with Gasteiger partial charge >= 0.3 is 0 Å². The van der Waals surface area contributed by atoms with E-state index in [2.05, 4.69) is 6.92 Å². The molecule has 3 nitrogen and oxygen atoms in total. The molecule has 0 aliphatic rings. The fraction of sp³-hybridized carbons (Fsp3) is 1.00. The van der Waals surface area contributed by atoms with Crippen molar-refractivity contribution in [1.29, 1.82) is 0 Å².